The normalized spacial score (nSPS) is 36.9. The van der Waals surface area contributed by atoms with Gasteiger partial charge in [0.1, 0.15) is 11.4 Å². The van der Waals surface area contributed by atoms with Crippen LogP contribution < -0.4 is 4.90 Å². The smallest absolute Gasteiger partial charge is 0.235 e. The average Bonchev–Trinajstić information content (AvgIpc) is 3.34. The van der Waals surface area contributed by atoms with E-state index >= 15 is 0 Å². The summed E-state index contributed by atoms with van der Waals surface area (Å²) in [5.74, 6) is 0.232. The highest BCUT2D eigenvalue weighted by atomic mass is 16.5. The summed E-state index contributed by atoms with van der Waals surface area (Å²) in [7, 11) is 0. The van der Waals surface area contributed by atoms with Gasteiger partial charge in [-0.05, 0) is 19.8 Å². The first-order valence-corrected chi connectivity index (χ1v) is 8.50. The molecule has 126 valence electrons. The fourth-order valence-electron chi connectivity index (χ4n) is 4.60. The van der Waals surface area contributed by atoms with E-state index in [1.54, 1.807) is 17.9 Å². The molecule has 7 nitrogen and oxygen atoms in total. The number of carbonyl (C=O) groups is 2. The SMILES string of the molecule is Cc1cc(N2C[C@]34C=C[C@@H](O3)[C@@H](C(=O)N3CCCC3)[C@H]4C2=O)no1. The third kappa shape index (κ3) is 1.73. The van der Waals surface area contributed by atoms with Crippen molar-refractivity contribution in [2.24, 2.45) is 11.8 Å². The Labute approximate surface area is 139 Å². The van der Waals surface area contributed by atoms with Crippen LogP contribution in [-0.4, -0.2) is 53.2 Å². The quantitative estimate of drug-likeness (QED) is 0.753. The van der Waals surface area contributed by atoms with Gasteiger partial charge in [0.25, 0.3) is 0 Å². The van der Waals surface area contributed by atoms with Crippen molar-refractivity contribution in [1.82, 2.24) is 10.1 Å². The Morgan fingerprint density at radius 3 is 2.88 bits per heavy atom. The second-order valence-electron chi connectivity index (χ2n) is 7.15. The van der Waals surface area contributed by atoms with E-state index in [4.69, 9.17) is 9.26 Å². The number of carbonyl (C=O) groups excluding carboxylic acids is 2. The molecule has 1 aromatic rings. The number of likely N-dealkylation sites (tertiary alicyclic amines) is 1. The minimum Gasteiger partial charge on any atom is -0.360 e. The molecule has 5 heterocycles. The summed E-state index contributed by atoms with van der Waals surface area (Å²) in [6, 6.07) is 1.74. The van der Waals surface area contributed by atoms with Gasteiger partial charge >= 0.3 is 0 Å². The van der Waals surface area contributed by atoms with Crippen molar-refractivity contribution in [3.8, 4) is 0 Å². The van der Waals surface area contributed by atoms with E-state index in [2.05, 4.69) is 5.16 Å². The van der Waals surface area contributed by atoms with Gasteiger partial charge in [-0.25, -0.2) is 0 Å². The number of aryl methyl sites for hydroxylation is 1. The Balaban J connectivity index is 1.49. The number of nitrogens with zero attached hydrogens (tertiary/aromatic N) is 3. The van der Waals surface area contributed by atoms with E-state index in [0.717, 1.165) is 25.9 Å². The zero-order valence-corrected chi connectivity index (χ0v) is 13.5. The predicted molar refractivity (Wildman–Crippen MR) is 83.1 cm³/mol. The third-order valence-electron chi connectivity index (χ3n) is 5.70. The van der Waals surface area contributed by atoms with Gasteiger partial charge in [-0.2, -0.15) is 0 Å². The van der Waals surface area contributed by atoms with Gasteiger partial charge in [0.2, 0.25) is 11.8 Å². The lowest BCUT2D eigenvalue weighted by molar-refractivity contribution is -0.139. The number of amides is 2. The molecule has 7 heteroatoms. The van der Waals surface area contributed by atoms with Crippen LogP contribution in [0.3, 0.4) is 0 Å². The van der Waals surface area contributed by atoms with Gasteiger partial charge < -0.3 is 14.2 Å². The Morgan fingerprint density at radius 2 is 2.17 bits per heavy atom. The van der Waals surface area contributed by atoms with E-state index in [1.807, 2.05) is 17.1 Å². The Hall–Kier alpha value is -2.15. The van der Waals surface area contributed by atoms with E-state index in [1.165, 1.54) is 0 Å². The molecule has 0 N–H and O–H groups in total. The van der Waals surface area contributed by atoms with Crippen molar-refractivity contribution in [2.45, 2.75) is 31.5 Å². The maximum absolute atomic E-state index is 13.1. The summed E-state index contributed by atoms with van der Waals surface area (Å²) in [4.78, 5) is 29.5. The highest BCUT2D eigenvalue weighted by molar-refractivity contribution is 6.02. The highest BCUT2D eigenvalue weighted by Gasteiger charge is 2.67. The Morgan fingerprint density at radius 1 is 1.38 bits per heavy atom. The topological polar surface area (TPSA) is 75.9 Å². The zero-order valence-electron chi connectivity index (χ0n) is 13.5. The van der Waals surface area contributed by atoms with Crippen LogP contribution in [0.4, 0.5) is 5.82 Å². The van der Waals surface area contributed by atoms with Crippen molar-refractivity contribution < 1.29 is 18.8 Å². The first kappa shape index (κ1) is 14.2. The van der Waals surface area contributed by atoms with Gasteiger partial charge in [-0.3, -0.25) is 14.5 Å². The average molecular weight is 329 g/mol. The zero-order chi connectivity index (χ0) is 16.5. The standard InChI is InChI=1S/C17H19N3O4/c1-10-8-12(18-24-10)20-9-17-5-4-11(23-17)13(14(17)16(20)22)15(21)19-6-2-3-7-19/h4-5,8,11,13-14H,2-3,6-7,9H2,1H3/t11-,13-,14+,17+/m1/s1. The molecule has 2 amide bonds. The van der Waals surface area contributed by atoms with Gasteiger partial charge in [0, 0.05) is 19.2 Å². The molecule has 5 rings (SSSR count). The molecule has 24 heavy (non-hydrogen) atoms. The van der Waals surface area contributed by atoms with Crippen LogP contribution in [0.1, 0.15) is 18.6 Å². The maximum atomic E-state index is 13.1. The lowest BCUT2D eigenvalue weighted by Crippen LogP contribution is -2.45. The Bertz CT molecular complexity index is 751. The molecule has 3 saturated heterocycles. The monoisotopic (exact) mass is 329 g/mol. The van der Waals surface area contributed by atoms with E-state index in [9.17, 15) is 9.59 Å². The van der Waals surface area contributed by atoms with Crippen LogP contribution in [0, 0.1) is 18.8 Å². The van der Waals surface area contributed by atoms with Crippen molar-refractivity contribution in [1.29, 1.82) is 0 Å². The number of anilines is 1. The molecule has 0 aliphatic carbocycles. The summed E-state index contributed by atoms with van der Waals surface area (Å²) in [6.45, 7) is 3.74. The highest BCUT2D eigenvalue weighted by Crippen LogP contribution is 2.53. The van der Waals surface area contributed by atoms with E-state index < -0.39 is 17.4 Å². The second-order valence-corrected chi connectivity index (χ2v) is 7.15. The first-order valence-electron chi connectivity index (χ1n) is 8.50. The number of hydrogen-bond acceptors (Lipinski definition) is 5. The van der Waals surface area contributed by atoms with Crippen LogP contribution in [0.25, 0.3) is 0 Å². The molecule has 1 spiro atoms. The Kier molecular flexibility index (Phi) is 2.78. The largest absolute Gasteiger partial charge is 0.360 e. The lowest BCUT2D eigenvalue weighted by atomic mass is 9.76. The molecule has 4 aliphatic heterocycles. The van der Waals surface area contributed by atoms with Crippen molar-refractivity contribution in [3.05, 3.63) is 24.0 Å². The summed E-state index contributed by atoms with van der Waals surface area (Å²) < 4.78 is 11.2. The molecule has 0 radical (unpaired) electrons. The van der Waals surface area contributed by atoms with Crippen LogP contribution in [0.2, 0.25) is 0 Å². The molecule has 4 atom stereocenters. The molecule has 3 fully saturated rings. The van der Waals surface area contributed by atoms with E-state index in [0.29, 0.717) is 18.1 Å². The summed E-state index contributed by atoms with van der Waals surface area (Å²) >= 11 is 0. The molecule has 2 bridgehead atoms. The third-order valence-corrected chi connectivity index (χ3v) is 5.70. The summed E-state index contributed by atoms with van der Waals surface area (Å²) in [5, 5.41) is 3.96. The van der Waals surface area contributed by atoms with Crippen LogP contribution in [-0.2, 0) is 14.3 Å². The van der Waals surface area contributed by atoms with Gasteiger partial charge in [-0.15, -0.1) is 0 Å². The number of ether oxygens (including phenoxy) is 1. The number of fused-ring (bicyclic) bond motifs is 1. The molecule has 4 aliphatic rings. The van der Waals surface area contributed by atoms with E-state index in [-0.39, 0.29) is 17.9 Å². The molecule has 0 saturated carbocycles. The fourth-order valence-corrected chi connectivity index (χ4v) is 4.60. The minimum absolute atomic E-state index is 0.0558. The summed E-state index contributed by atoms with van der Waals surface area (Å²) in [6.07, 6.45) is 5.69. The van der Waals surface area contributed by atoms with Crippen LogP contribution in [0.5, 0.6) is 0 Å². The van der Waals surface area contributed by atoms with Crippen LogP contribution >= 0.6 is 0 Å². The minimum atomic E-state index is -0.700. The number of aromatic nitrogens is 1. The molecular formula is C17H19N3O4. The van der Waals surface area contributed by atoms with Gasteiger partial charge in [0.05, 0.1) is 24.5 Å². The van der Waals surface area contributed by atoms with Gasteiger partial charge in [-0.1, -0.05) is 17.3 Å². The number of rotatable bonds is 2. The predicted octanol–water partition coefficient (Wildman–Crippen LogP) is 0.892. The molecule has 0 unspecified atom stereocenters. The van der Waals surface area contributed by atoms with Crippen molar-refractivity contribution >= 4 is 17.6 Å². The van der Waals surface area contributed by atoms with Crippen molar-refractivity contribution in [3.63, 3.8) is 0 Å². The summed E-state index contributed by atoms with van der Waals surface area (Å²) in [5.41, 5.74) is -0.700. The maximum Gasteiger partial charge on any atom is 0.235 e. The molecule has 1 aromatic heterocycles. The molecule has 0 aromatic carbocycles. The molecular weight excluding hydrogens is 310 g/mol. The second kappa shape index (κ2) is 4.69. The fraction of sp³-hybridized carbons (Fsp3) is 0.588. The van der Waals surface area contributed by atoms with Crippen LogP contribution in [0.15, 0.2) is 22.7 Å². The first-order chi connectivity index (χ1) is 11.6. The number of hydrogen-bond donors (Lipinski definition) is 0. The van der Waals surface area contributed by atoms with Gasteiger partial charge in [0.15, 0.2) is 5.82 Å². The van der Waals surface area contributed by atoms with Crippen molar-refractivity contribution in [2.75, 3.05) is 24.5 Å². The lowest BCUT2D eigenvalue weighted by Gasteiger charge is -2.27.